The Bertz CT molecular complexity index is 532. The van der Waals surface area contributed by atoms with Crippen molar-refractivity contribution in [1.82, 2.24) is 9.97 Å². The normalized spacial score (nSPS) is 10.4. The highest BCUT2D eigenvalue weighted by Gasteiger charge is 2.06. The molecular formula is C13H14ClN3O. The third kappa shape index (κ3) is 2.78. The molecule has 0 atom stereocenters. The highest BCUT2D eigenvalue weighted by Crippen LogP contribution is 2.27. The first-order valence-corrected chi connectivity index (χ1v) is 5.93. The van der Waals surface area contributed by atoms with Gasteiger partial charge in [0.05, 0.1) is 0 Å². The summed E-state index contributed by atoms with van der Waals surface area (Å²) in [5.41, 5.74) is 8.27. The highest BCUT2D eigenvalue weighted by molar-refractivity contribution is 6.32. The Morgan fingerprint density at radius 3 is 2.22 bits per heavy atom. The van der Waals surface area contributed by atoms with Crippen molar-refractivity contribution in [2.45, 2.75) is 20.4 Å². The summed E-state index contributed by atoms with van der Waals surface area (Å²) in [6.07, 6.45) is 3.30. The lowest BCUT2D eigenvalue weighted by molar-refractivity contribution is 0.440. The maximum Gasteiger partial charge on any atom is 0.321 e. The van der Waals surface area contributed by atoms with Gasteiger partial charge in [0.1, 0.15) is 5.75 Å². The standard InChI is InChI=1S/C13H14ClN3O/c1-8-3-11(4-9(2)12(8)14)18-13-16-6-10(5-15)7-17-13/h3-4,6-7H,5,15H2,1-2H3. The second kappa shape index (κ2) is 5.33. The Hall–Kier alpha value is -1.65. The van der Waals surface area contributed by atoms with Crippen molar-refractivity contribution in [3.63, 3.8) is 0 Å². The molecular weight excluding hydrogens is 250 g/mol. The number of benzene rings is 1. The van der Waals surface area contributed by atoms with Crippen molar-refractivity contribution in [3.8, 4) is 11.8 Å². The summed E-state index contributed by atoms with van der Waals surface area (Å²) in [6, 6.07) is 4.01. The molecule has 5 heteroatoms. The minimum atomic E-state index is 0.299. The SMILES string of the molecule is Cc1cc(Oc2ncc(CN)cn2)cc(C)c1Cl. The lowest BCUT2D eigenvalue weighted by Gasteiger charge is -2.08. The molecule has 2 N–H and O–H groups in total. The molecule has 0 spiro atoms. The number of hydrogen-bond acceptors (Lipinski definition) is 4. The first kappa shape index (κ1) is 12.8. The average molecular weight is 264 g/mol. The van der Waals surface area contributed by atoms with E-state index in [-0.39, 0.29) is 0 Å². The van der Waals surface area contributed by atoms with Crippen LogP contribution in [-0.2, 0) is 6.54 Å². The van der Waals surface area contributed by atoms with Crippen LogP contribution >= 0.6 is 11.6 Å². The number of nitrogens with zero attached hydrogens (tertiary/aromatic N) is 2. The molecule has 1 aromatic carbocycles. The minimum absolute atomic E-state index is 0.299. The van der Waals surface area contributed by atoms with Gasteiger partial charge < -0.3 is 10.5 Å². The summed E-state index contributed by atoms with van der Waals surface area (Å²) >= 11 is 6.09. The third-order valence-electron chi connectivity index (χ3n) is 2.54. The van der Waals surface area contributed by atoms with Crippen LogP contribution in [0.5, 0.6) is 11.8 Å². The lowest BCUT2D eigenvalue weighted by Crippen LogP contribution is -1.99. The fourth-order valence-corrected chi connectivity index (χ4v) is 1.68. The number of halogens is 1. The Labute approximate surface area is 111 Å². The molecule has 0 saturated heterocycles. The second-order valence-electron chi connectivity index (χ2n) is 4.05. The van der Waals surface area contributed by atoms with Gasteiger partial charge in [-0.25, -0.2) is 9.97 Å². The summed E-state index contributed by atoms with van der Waals surface area (Å²) in [5.74, 6) is 0.676. The topological polar surface area (TPSA) is 61.0 Å². The number of aromatic nitrogens is 2. The molecule has 0 fully saturated rings. The van der Waals surface area contributed by atoms with Crippen LogP contribution in [0.3, 0.4) is 0 Å². The number of rotatable bonds is 3. The zero-order chi connectivity index (χ0) is 13.1. The van der Waals surface area contributed by atoms with Crippen LogP contribution in [0.4, 0.5) is 0 Å². The molecule has 0 radical (unpaired) electrons. The zero-order valence-electron chi connectivity index (χ0n) is 10.3. The van der Waals surface area contributed by atoms with Crippen LogP contribution < -0.4 is 10.5 Å². The van der Waals surface area contributed by atoms with Crippen molar-refractivity contribution in [1.29, 1.82) is 0 Å². The zero-order valence-corrected chi connectivity index (χ0v) is 11.0. The van der Waals surface area contributed by atoms with Crippen molar-refractivity contribution in [2.24, 2.45) is 5.73 Å². The van der Waals surface area contributed by atoms with Crippen molar-refractivity contribution in [2.75, 3.05) is 0 Å². The fraction of sp³-hybridized carbons (Fsp3) is 0.231. The maximum atomic E-state index is 6.09. The van der Waals surface area contributed by atoms with E-state index in [4.69, 9.17) is 22.1 Å². The predicted octanol–water partition coefficient (Wildman–Crippen LogP) is 3.00. The van der Waals surface area contributed by atoms with E-state index in [1.54, 1.807) is 12.4 Å². The van der Waals surface area contributed by atoms with Gasteiger partial charge in [0.2, 0.25) is 0 Å². The Balaban J connectivity index is 2.23. The van der Waals surface area contributed by atoms with Crippen LogP contribution in [0, 0.1) is 13.8 Å². The summed E-state index contributed by atoms with van der Waals surface area (Å²) in [7, 11) is 0. The first-order valence-electron chi connectivity index (χ1n) is 5.55. The minimum Gasteiger partial charge on any atom is -0.424 e. The van der Waals surface area contributed by atoms with Crippen molar-refractivity contribution < 1.29 is 4.74 Å². The molecule has 1 heterocycles. The summed E-state index contributed by atoms with van der Waals surface area (Å²) in [4.78, 5) is 8.16. The van der Waals surface area contributed by atoms with Crippen molar-refractivity contribution >= 4 is 11.6 Å². The van der Waals surface area contributed by atoms with Gasteiger partial charge in [-0.3, -0.25) is 0 Å². The summed E-state index contributed by atoms with van der Waals surface area (Å²) in [5, 5.41) is 0.752. The van der Waals surface area contributed by atoms with Crippen LogP contribution in [0.25, 0.3) is 0 Å². The molecule has 94 valence electrons. The van der Waals surface area contributed by atoms with E-state index < -0.39 is 0 Å². The van der Waals surface area contributed by atoms with Gasteiger partial charge in [-0.2, -0.15) is 0 Å². The van der Waals surface area contributed by atoms with Gasteiger partial charge in [0, 0.05) is 29.5 Å². The van der Waals surface area contributed by atoms with E-state index in [9.17, 15) is 0 Å². The number of nitrogens with two attached hydrogens (primary N) is 1. The smallest absolute Gasteiger partial charge is 0.321 e. The van der Waals surface area contributed by atoms with E-state index in [0.29, 0.717) is 18.3 Å². The molecule has 0 aliphatic rings. The molecule has 0 amide bonds. The van der Waals surface area contributed by atoms with Gasteiger partial charge in [0.15, 0.2) is 0 Å². The molecule has 1 aromatic heterocycles. The van der Waals surface area contributed by atoms with Crippen LogP contribution in [0.2, 0.25) is 5.02 Å². The maximum absolute atomic E-state index is 6.09. The lowest BCUT2D eigenvalue weighted by atomic mass is 10.1. The van der Waals surface area contributed by atoms with E-state index in [1.807, 2.05) is 26.0 Å². The molecule has 2 rings (SSSR count). The van der Waals surface area contributed by atoms with Gasteiger partial charge in [-0.15, -0.1) is 0 Å². The molecule has 4 nitrogen and oxygen atoms in total. The van der Waals surface area contributed by atoms with Crippen LogP contribution in [-0.4, -0.2) is 9.97 Å². The van der Waals surface area contributed by atoms with Gasteiger partial charge in [-0.05, 0) is 37.1 Å². The monoisotopic (exact) mass is 263 g/mol. The molecule has 18 heavy (non-hydrogen) atoms. The highest BCUT2D eigenvalue weighted by atomic mass is 35.5. The molecule has 0 aliphatic carbocycles. The summed E-state index contributed by atoms with van der Waals surface area (Å²) < 4.78 is 5.57. The Morgan fingerprint density at radius 1 is 1.17 bits per heavy atom. The second-order valence-corrected chi connectivity index (χ2v) is 4.43. The number of ether oxygens (including phenoxy) is 1. The number of hydrogen-bond donors (Lipinski definition) is 1. The quantitative estimate of drug-likeness (QED) is 0.925. The van der Waals surface area contributed by atoms with Crippen LogP contribution in [0.15, 0.2) is 24.5 Å². The van der Waals surface area contributed by atoms with Crippen LogP contribution in [0.1, 0.15) is 16.7 Å². The third-order valence-corrected chi connectivity index (χ3v) is 3.13. The Morgan fingerprint density at radius 2 is 1.72 bits per heavy atom. The van der Waals surface area contributed by atoms with E-state index in [0.717, 1.165) is 21.7 Å². The molecule has 0 saturated carbocycles. The fourth-order valence-electron chi connectivity index (χ4n) is 1.57. The van der Waals surface area contributed by atoms with E-state index >= 15 is 0 Å². The average Bonchev–Trinajstić information content (AvgIpc) is 2.37. The summed E-state index contributed by atoms with van der Waals surface area (Å²) in [6.45, 7) is 4.28. The number of aryl methyl sites for hydroxylation is 2. The molecule has 0 bridgehead atoms. The van der Waals surface area contributed by atoms with Crippen molar-refractivity contribution in [3.05, 3.63) is 46.2 Å². The first-order chi connectivity index (χ1) is 8.60. The Kier molecular flexibility index (Phi) is 3.79. The molecule has 2 aromatic rings. The van der Waals surface area contributed by atoms with E-state index in [1.165, 1.54) is 0 Å². The van der Waals surface area contributed by atoms with E-state index in [2.05, 4.69) is 9.97 Å². The largest absolute Gasteiger partial charge is 0.424 e. The molecule has 0 unspecified atom stereocenters. The van der Waals surface area contributed by atoms with Gasteiger partial charge in [0.25, 0.3) is 0 Å². The molecule has 0 aliphatic heterocycles. The van der Waals surface area contributed by atoms with Gasteiger partial charge in [-0.1, -0.05) is 11.6 Å². The predicted molar refractivity (Wildman–Crippen MR) is 70.9 cm³/mol. The van der Waals surface area contributed by atoms with Gasteiger partial charge >= 0.3 is 6.01 Å².